The molecule has 18 heavy (non-hydrogen) atoms. The fourth-order valence-corrected chi connectivity index (χ4v) is 1.19. The van der Waals surface area contributed by atoms with Gasteiger partial charge in [-0.15, -0.1) is 0 Å². The summed E-state index contributed by atoms with van der Waals surface area (Å²) in [5.41, 5.74) is 0.0509. The highest BCUT2D eigenvalue weighted by Crippen LogP contribution is 2.09. The first-order valence-corrected chi connectivity index (χ1v) is 5.81. The van der Waals surface area contributed by atoms with Gasteiger partial charge >= 0.3 is 0 Å². The Kier molecular flexibility index (Phi) is 7.60. The van der Waals surface area contributed by atoms with Gasteiger partial charge in [-0.3, -0.25) is 9.48 Å². The number of rotatable bonds is 0. The molecule has 0 bridgehead atoms. The van der Waals surface area contributed by atoms with Crippen LogP contribution >= 0.6 is 0 Å². The van der Waals surface area contributed by atoms with Crippen molar-refractivity contribution in [3.05, 3.63) is 18.5 Å². The van der Waals surface area contributed by atoms with E-state index >= 15 is 0 Å². The van der Waals surface area contributed by atoms with Crippen molar-refractivity contribution in [2.75, 3.05) is 0 Å². The second-order valence-corrected chi connectivity index (χ2v) is 6.05. The summed E-state index contributed by atoms with van der Waals surface area (Å²) in [7, 11) is 0. The Balaban J connectivity index is 0. The van der Waals surface area contributed by atoms with E-state index in [0.29, 0.717) is 0 Å². The lowest BCUT2D eigenvalue weighted by molar-refractivity contribution is -0.120. The molecule has 4 nitrogen and oxygen atoms in total. The third-order valence-electron chi connectivity index (χ3n) is 1.74. The van der Waals surface area contributed by atoms with Gasteiger partial charge in [-0.2, -0.15) is 5.10 Å². The quantitative estimate of drug-likeness (QED) is 0.774. The summed E-state index contributed by atoms with van der Waals surface area (Å²) in [5.74, 6) is 0.0255. The van der Waals surface area contributed by atoms with E-state index in [1.54, 1.807) is 6.20 Å². The van der Waals surface area contributed by atoms with Gasteiger partial charge in [-0.25, -0.2) is 0 Å². The van der Waals surface area contributed by atoms with Crippen LogP contribution in [0.5, 0.6) is 0 Å². The van der Waals surface area contributed by atoms with Crippen LogP contribution in [-0.2, 0) is 10.3 Å². The van der Waals surface area contributed by atoms with E-state index in [-0.39, 0.29) is 24.4 Å². The Hall–Kier alpha value is -1.32. The highest BCUT2D eigenvalue weighted by atomic mass is 16.1. The number of hydrogen-bond donors (Lipinski definition) is 1. The Bertz CT molecular complexity index is 329. The first kappa shape index (κ1) is 19.0. The number of carbonyl (C=O) groups excluding carboxylic acids is 1. The maximum atomic E-state index is 10.3. The molecule has 0 aliphatic carbocycles. The summed E-state index contributed by atoms with van der Waals surface area (Å²) in [6, 6.07) is 1.94. The monoisotopic (exact) mass is 255 g/mol. The number of nitrogens with zero attached hydrogens (tertiary/aromatic N) is 2. The lowest BCUT2D eigenvalue weighted by Crippen LogP contribution is -2.38. The van der Waals surface area contributed by atoms with Crippen LogP contribution in [0.4, 0.5) is 0 Å². The Morgan fingerprint density at radius 2 is 1.67 bits per heavy atom. The Labute approximate surface area is 112 Å². The molecule has 0 fully saturated rings. The second kappa shape index (κ2) is 7.19. The van der Waals surface area contributed by atoms with Crippen molar-refractivity contribution in [3.63, 3.8) is 0 Å². The molecule has 4 heteroatoms. The minimum absolute atomic E-state index is 0. The first-order chi connectivity index (χ1) is 7.52. The largest absolute Gasteiger partial charge is 0.352 e. The molecule has 1 N–H and O–H groups in total. The van der Waals surface area contributed by atoms with Gasteiger partial charge in [-0.1, -0.05) is 7.43 Å². The maximum absolute atomic E-state index is 10.3. The fourth-order valence-electron chi connectivity index (χ4n) is 1.19. The Morgan fingerprint density at radius 3 is 1.78 bits per heavy atom. The molecule has 0 unspecified atom stereocenters. The second-order valence-electron chi connectivity index (χ2n) is 6.05. The first-order valence-electron chi connectivity index (χ1n) is 5.81. The zero-order chi connectivity index (χ0) is 13.7. The van der Waals surface area contributed by atoms with Crippen molar-refractivity contribution >= 4 is 5.91 Å². The van der Waals surface area contributed by atoms with E-state index in [4.69, 9.17) is 0 Å². The lowest BCUT2D eigenvalue weighted by Gasteiger charge is -2.18. The molecule has 0 saturated heterocycles. The highest BCUT2D eigenvalue weighted by molar-refractivity contribution is 5.73. The third kappa shape index (κ3) is 9.87. The summed E-state index contributed by atoms with van der Waals surface area (Å²) >= 11 is 0. The van der Waals surface area contributed by atoms with Crippen LogP contribution in [-0.4, -0.2) is 21.2 Å². The molecule has 1 aromatic rings. The van der Waals surface area contributed by atoms with Crippen LogP contribution < -0.4 is 5.32 Å². The van der Waals surface area contributed by atoms with Gasteiger partial charge in [0.2, 0.25) is 5.91 Å². The summed E-state index contributed by atoms with van der Waals surface area (Å²) in [5, 5.41) is 6.85. The average molecular weight is 255 g/mol. The molecule has 1 amide bonds. The molecule has 0 aliphatic rings. The van der Waals surface area contributed by atoms with Crippen LogP contribution in [0.15, 0.2) is 18.5 Å². The molecule has 0 aromatic carbocycles. The van der Waals surface area contributed by atoms with Crippen LogP contribution in [0.1, 0.15) is 55.9 Å². The topological polar surface area (TPSA) is 46.9 Å². The number of hydrogen-bond acceptors (Lipinski definition) is 2. The minimum atomic E-state index is -0.0775. The molecule has 0 atom stereocenters. The lowest BCUT2D eigenvalue weighted by atomic mass is 10.1. The highest BCUT2D eigenvalue weighted by Gasteiger charge is 2.11. The molecule has 0 spiro atoms. The average Bonchev–Trinajstić information content (AvgIpc) is 2.48. The van der Waals surface area contributed by atoms with Gasteiger partial charge in [0.15, 0.2) is 0 Å². The van der Waals surface area contributed by atoms with Crippen LogP contribution in [0, 0.1) is 0 Å². The summed E-state index contributed by atoms with van der Waals surface area (Å²) in [4.78, 5) is 10.3. The van der Waals surface area contributed by atoms with E-state index in [9.17, 15) is 4.79 Å². The van der Waals surface area contributed by atoms with Gasteiger partial charge in [0.1, 0.15) is 0 Å². The molecule has 0 aliphatic heterocycles. The van der Waals surface area contributed by atoms with Crippen molar-refractivity contribution < 1.29 is 4.79 Å². The molecule has 106 valence electrons. The van der Waals surface area contributed by atoms with E-state index in [1.165, 1.54) is 6.92 Å². The van der Waals surface area contributed by atoms with E-state index < -0.39 is 0 Å². The normalized spacial score (nSPS) is 10.8. The Morgan fingerprint density at radius 1 is 1.17 bits per heavy atom. The number of aromatic nitrogens is 2. The van der Waals surface area contributed by atoms with Crippen molar-refractivity contribution in [2.45, 2.75) is 67.0 Å². The molecular formula is C14H29N3O. The van der Waals surface area contributed by atoms with Crippen molar-refractivity contribution in [2.24, 2.45) is 0 Å². The maximum Gasteiger partial charge on any atom is 0.217 e. The third-order valence-corrected chi connectivity index (χ3v) is 1.74. The van der Waals surface area contributed by atoms with Gasteiger partial charge in [-0.05, 0) is 47.6 Å². The van der Waals surface area contributed by atoms with Gasteiger partial charge < -0.3 is 5.32 Å². The van der Waals surface area contributed by atoms with Crippen LogP contribution in [0.2, 0.25) is 0 Å². The zero-order valence-electron chi connectivity index (χ0n) is 12.0. The van der Waals surface area contributed by atoms with E-state index in [2.05, 4.69) is 31.2 Å². The summed E-state index contributed by atoms with van der Waals surface area (Å²) in [6.45, 7) is 13.8. The predicted octanol–water partition coefficient (Wildman–Crippen LogP) is 3.20. The SMILES string of the molecule is C.CC(=O)NC(C)(C)C.CC(C)(C)n1cccn1. The van der Waals surface area contributed by atoms with Crippen molar-refractivity contribution in [1.29, 1.82) is 0 Å². The standard InChI is InChI=1S/C7H12N2.C6H13NO.CH4/c1-7(2,3)9-6-4-5-8-9;1-5(8)7-6(2,3)4;/h4-6H,1-3H3;1-4H3,(H,7,8);1H4. The molecule has 1 rings (SSSR count). The zero-order valence-corrected chi connectivity index (χ0v) is 12.0. The van der Waals surface area contributed by atoms with Crippen LogP contribution in [0.3, 0.4) is 0 Å². The number of amides is 1. The van der Waals surface area contributed by atoms with Gasteiger partial charge in [0.05, 0.1) is 5.54 Å². The minimum Gasteiger partial charge on any atom is -0.352 e. The van der Waals surface area contributed by atoms with E-state index in [0.717, 1.165) is 0 Å². The van der Waals surface area contributed by atoms with E-state index in [1.807, 2.05) is 37.7 Å². The molecule has 1 aromatic heterocycles. The summed E-state index contributed by atoms with van der Waals surface area (Å²) < 4.78 is 1.94. The summed E-state index contributed by atoms with van der Waals surface area (Å²) in [6.07, 6.45) is 3.77. The molecule has 1 heterocycles. The van der Waals surface area contributed by atoms with Gasteiger partial charge in [0, 0.05) is 24.9 Å². The smallest absolute Gasteiger partial charge is 0.217 e. The fraction of sp³-hybridized carbons (Fsp3) is 0.714. The molecule has 0 saturated carbocycles. The number of nitrogens with one attached hydrogen (secondary N) is 1. The molecular weight excluding hydrogens is 226 g/mol. The number of carbonyl (C=O) groups is 1. The molecule has 0 radical (unpaired) electrons. The van der Waals surface area contributed by atoms with Gasteiger partial charge in [0.25, 0.3) is 0 Å². The van der Waals surface area contributed by atoms with Crippen LogP contribution in [0.25, 0.3) is 0 Å². The predicted molar refractivity (Wildman–Crippen MR) is 77.5 cm³/mol. The van der Waals surface area contributed by atoms with Crippen molar-refractivity contribution in [3.8, 4) is 0 Å². The van der Waals surface area contributed by atoms with Crippen molar-refractivity contribution in [1.82, 2.24) is 15.1 Å².